The van der Waals surface area contributed by atoms with Gasteiger partial charge in [-0.1, -0.05) is 12.8 Å². The summed E-state index contributed by atoms with van der Waals surface area (Å²) >= 11 is 5.50. The van der Waals surface area contributed by atoms with Gasteiger partial charge in [-0.2, -0.15) is 0 Å². The smallest absolute Gasteiger partial charge is 0.162 e. The van der Waals surface area contributed by atoms with Gasteiger partial charge in [-0.15, -0.1) is 11.3 Å². The minimum absolute atomic E-state index is 0.563. The first-order chi connectivity index (χ1) is 10.1. The Labute approximate surface area is 138 Å². The number of aryl methyl sites for hydroxylation is 2. The molecule has 1 fully saturated rings. The molecule has 0 atom stereocenters. The van der Waals surface area contributed by atoms with Gasteiger partial charge in [0, 0.05) is 28.3 Å². The summed E-state index contributed by atoms with van der Waals surface area (Å²) in [4.78, 5) is 12.2. The normalized spacial score (nSPS) is 15.6. The Morgan fingerprint density at radius 3 is 2.52 bits per heavy atom. The van der Waals surface area contributed by atoms with E-state index in [-0.39, 0.29) is 0 Å². The van der Waals surface area contributed by atoms with E-state index in [9.17, 15) is 0 Å². The second-order valence-electron chi connectivity index (χ2n) is 5.65. The first-order valence-corrected chi connectivity index (χ1v) is 9.03. The van der Waals surface area contributed by atoms with Crippen LogP contribution in [0, 0.1) is 13.8 Å². The molecular weight excluding hydrogens is 346 g/mol. The van der Waals surface area contributed by atoms with Crippen LogP contribution in [0.1, 0.15) is 47.0 Å². The lowest BCUT2D eigenvalue weighted by Gasteiger charge is -2.15. The zero-order chi connectivity index (χ0) is 15.0. The Bertz CT molecular complexity index is 660. The summed E-state index contributed by atoms with van der Waals surface area (Å²) in [6.45, 7) is 4.28. The third kappa shape index (κ3) is 2.86. The second kappa shape index (κ2) is 6.05. The van der Waals surface area contributed by atoms with Gasteiger partial charge in [-0.3, -0.25) is 0 Å². The van der Waals surface area contributed by atoms with Gasteiger partial charge in [-0.25, -0.2) is 9.97 Å². The van der Waals surface area contributed by atoms with E-state index in [2.05, 4.69) is 41.2 Å². The number of rotatable bonds is 3. The largest absolute Gasteiger partial charge is 0.372 e. The van der Waals surface area contributed by atoms with Gasteiger partial charge in [-0.05, 0) is 48.7 Å². The molecule has 0 bridgehead atoms. The Kier molecular flexibility index (Phi) is 4.31. The molecule has 2 aromatic heterocycles. The van der Waals surface area contributed by atoms with Gasteiger partial charge < -0.3 is 5.32 Å². The molecule has 3 rings (SSSR count). The van der Waals surface area contributed by atoms with Crippen molar-refractivity contribution < 1.29 is 0 Å². The monoisotopic (exact) mass is 365 g/mol. The average molecular weight is 366 g/mol. The van der Waals surface area contributed by atoms with Gasteiger partial charge in [0.15, 0.2) is 5.82 Å². The van der Waals surface area contributed by atoms with E-state index in [4.69, 9.17) is 9.97 Å². The number of hydrogen-bond acceptors (Lipinski definition) is 4. The maximum Gasteiger partial charge on any atom is 0.162 e. The van der Waals surface area contributed by atoms with Crippen LogP contribution in [0.25, 0.3) is 11.4 Å². The van der Waals surface area contributed by atoms with Crippen LogP contribution >= 0.6 is 27.3 Å². The number of halogens is 1. The molecule has 0 saturated heterocycles. The lowest BCUT2D eigenvalue weighted by Crippen LogP contribution is -2.06. The Balaban J connectivity index is 2.12. The number of thiophene rings is 1. The van der Waals surface area contributed by atoms with Crippen molar-refractivity contribution in [2.45, 2.75) is 45.4 Å². The van der Waals surface area contributed by atoms with E-state index in [0.717, 1.165) is 16.1 Å². The highest BCUT2D eigenvalue weighted by Crippen LogP contribution is 2.40. The van der Waals surface area contributed by atoms with Crippen LogP contribution in [0.5, 0.6) is 0 Å². The molecule has 21 heavy (non-hydrogen) atoms. The number of nitrogens with zero attached hydrogens (tertiary/aromatic N) is 2. The van der Waals surface area contributed by atoms with Crippen LogP contribution in [-0.2, 0) is 0 Å². The van der Waals surface area contributed by atoms with Crippen LogP contribution < -0.4 is 5.32 Å². The van der Waals surface area contributed by atoms with Crippen molar-refractivity contribution in [1.29, 1.82) is 0 Å². The highest BCUT2D eigenvalue weighted by molar-refractivity contribution is 9.10. The highest BCUT2D eigenvalue weighted by Gasteiger charge is 2.24. The van der Waals surface area contributed by atoms with Gasteiger partial charge in [0.05, 0.1) is 10.2 Å². The summed E-state index contributed by atoms with van der Waals surface area (Å²) in [5, 5.41) is 3.20. The zero-order valence-corrected chi connectivity index (χ0v) is 15.1. The molecule has 2 heterocycles. The number of anilines is 1. The third-order valence-electron chi connectivity index (χ3n) is 4.14. The van der Waals surface area contributed by atoms with Crippen LogP contribution in [0.2, 0.25) is 0 Å². The van der Waals surface area contributed by atoms with Crippen LogP contribution in [0.4, 0.5) is 5.82 Å². The lowest BCUT2D eigenvalue weighted by molar-refractivity contribution is 0.691. The van der Waals surface area contributed by atoms with Gasteiger partial charge in [0.25, 0.3) is 0 Å². The van der Waals surface area contributed by atoms with Gasteiger partial charge in [0.1, 0.15) is 5.82 Å². The first-order valence-electron chi connectivity index (χ1n) is 7.42. The fourth-order valence-corrected chi connectivity index (χ4v) is 4.69. The van der Waals surface area contributed by atoms with E-state index in [1.807, 2.05) is 18.4 Å². The maximum absolute atomic E-state index is 4.92. The standard InChI is InChI=1S/C16H20BrN3S/c1-9-8-12(10(2)21-9)15-19-14(11-6-4-5-7-11)13(17)16(18-3)20-15/h8,11H,4-7H2,1-3H3,(H,18,19,20). The molecule has 0 aliphatic heterocycles. The fourth-order valence-electron chi connectivity index (χ4n) is 3.07. The molecule has 112 valence electrons. The summed E-state index contributed by atoms with van der Waals surface area (Å²) in [5.74, 6) is 2.31. The molecule has 2 aromatic rings. The molecular formula is C16H20BrN3S. The van der Waals surface area contributed by atoms with E-state index in [1.54, 1.807) is 0 Å². The number of nitrogens with one attached hydrogen (secondary N) is 1. The molecule has 3 nitrogen and oxygen atoms in total. The van der Waals surface area contributed by atoms with E-state index < -0.39 is 0 Å². The molecule has 5 heteroatoms. The highest BCUT2D eigenvalue weighted by atomic mass is 79.9. The predicted molar refractivity (Wildman–Crippen MR) is 93.3 cm³/mol. The molecule has 1 saturated carbocycles. The summed E-state index contributed by atoms with van der Waals surface area (Å²) in [5.41, 5.74) is 2.34. The molecule has 0 radical (unpaired) electrons. The fraction of sp³-hybridized carbons (Fsp3) is 0.500. The van der Waals surface area contributed by atoms with E-state index in [1.165, 1.54) is 46.7 Å². The summed E-state index contributed by atoms with van der Waals surface area (Å²) in [7, 11) is 1.92. The van der Waals surface area contributed by atoms with Crippen molar-refractivity contribution >= 4 is 33.1 Å². The van der Waals surface area contributed by atoms with E-state index in [0.29, 0.717) is 5.92 Å². The molecule has 1 aliphatic rings. The van der Waals surface area contributed by atoms with Crippen molar-refractivity contribution in [3.8, 4) is 11.4 Å². The van der Waals surface area contributed by atoms with Gasteiger partial charge in [0.2, 0.25) is 0 Å². The Morgan fingerprint density at radius 2 is 1.95 bits per heavy atom. The van der Waals surface area contributed by atoms with Crippen molar-refractivity contribution in [2.24, 2.45) is 0 Å². The van der Waals surface area contributed by atoms with Gasteiger partial charge >= 0.3 is 0 Å². The number of hydrogen-bond donors (Lipinski definition) is 1. The third-order valence-corrected chi connectivity index (χ3v) is 5.89. The van der Waals surface area contributed by atoms with Crippen molar-refractivity contribution in [1.82, 2.24) is 9.97 Å². The van der Waals surface area contributed by atoms with Crippen molar-refractivity contribution in [3.05, 3.63) is 26.0 Å². The first kappa shape index (κ1) is 15.0. The minimum atomic E-state index is 0.563. The quantitative estimate of drug-likeness (QED) is 0.803. The molecule has 0 amide bonds. The zero-order valence-electron chi connectivity index (χ0n) is 12.7. The van der Waals surface area contributed by atoms with E-state index >= 15 is 0 Å². The van der Waals surface area contributed by atoms with Crippen LogP contribution in [-0.4, -0.2) is 17.0 Å². The molecule has 0 unspecified atom stereocenters. The Hall–Kier alpha value is -0.940. The predicted octanol–water partition coefficient (Wildman–Crippen LogP) is 5.28. The SMILES string of the molecule is CNc1nc(-c2cc(C)sc2C)nc(C2CCCC2)c1Br. The Morgan fingerprint density at radius 1 is 1.24 bits per heavy atom. The molecule has 1 N–H and O–H groups in total. The lowest BCUT2D eigenvalue weighted by atomic mass is 10.0. The van der Waals surface area contributed by atoms with Crippen molar-refractivity contribution in [2.75, 3.05) is 12.4 Å². The number of aromatic nitrogens is 2. The molecule has 1 aliphatic carbocycles. The second-order valence-corrected chi connectivity index (χ2v) is 7.91. The van der Waals surface area contributed by atoms with Crippen LogP contribution in [0.3, 0.4) is 0 Å². The van der Waals surface area contributed by atoms with Crippen molar-refractivity contribution in [3.63, 3.8) is 0 Å². The maximum atomic E-state index is 4.92. The summed E-state index contributed by atoms with van der Waals surface area (Å²) in [6, 6.07) is 2.20. The molecule has 0 aromatic carbocycles. The summed E-state index contributed by atoms with van der Waals surface area (Å²) in [6.07, 6.45) is 5.09. The van der Waals surface area contributed by atoms with Crippen LogP contribution in [0.15, 0.2) is 10.5 Å². The topological polar surface area (TPSA) is 37.8 Å². The minimum Gasteiger partial charge on any atom is -0.372 e. The summed E-state index contributed by atoms with van der Waals surface area (Å²) < 4.78 is 1.03. The average Bonchev–Trinajstić information content (AvgIpc) is 3.09. The molecule has 0 spiro atoms.